The molecule has 0 aliphatic carbocycles. The molecule has 16 heavy (non-hydrogen) atoms. The van der Waals surface area contributed by atoms with Crippen LogP contribution >= 0.6 is 0 Å². The molecule has 1 aromatic carbocycles. The quantitative estimate of drug-likeness (QED) is 0.818. The summed E-state index contributed by atoms with van der Waals surface area (Å²) in [6.45, 7) is 4.28. The zero-order valence-corrected chi connectivity index (χ0v) is 9.95. The predicted octanol–water partition coefficient (Wildman–Crippen LogP) is 2.42. The fourth-order valence-corrected chi connectivity index (χ4v) is 2.52. The van der Waals surface area contributed by atoms with Crippen molar-refractivity contribution in [2.45, 2.75) is 32.3 Å². The van der Waals surface area contributed by atoms with Gasteiger partial charge >= 0.3 is 0 Å². The molecule has 0 bridgehead atoms. The first kappa shape index (κ1) is 11.6. The Labute approximate surface area is 97.7 Å². The van der Waals surface area contributed by atoms with Crippen molar-refractivity contribution in [1.82, 2.24) is 5.32 Å². The lowest BCUT2D eigenvalue weighted by Gasteiger charge is -2.25. The van der Waals surface area contributed by atoms with E-state index in [-0.39, 0.29) is 6.10 Å². The normalized spacial score (nSPS) is 19.6. The van der Waals surface area contributed by atoms with Crippen molar-refractivity contribution in [2.75, 3.05) is 13.1 Å². The minimum atomic E-state index is -0.288. The Morgan fingerprint density at radius 3 is 2.69 bits per heavy atom. The van der Waals surface area contributed by atoms with Gasteiger partial charge in [0.1, 0.15) is 0 Å². The number of aliphatic hydroxyl groups excluding tert-OH is 1. The number of rotatable bonds is 3. The van der Waals surface area contributed by atoms with Crippen molar-refractivity contribution >= 4 is 0 Å². The topological polar surface area (TPSA) is 32.3 Å². The van der Waals surface area contributed by atoms with Crippen molar-refractivity contribution in [3.8, 4) is 0 Å². The fourth-order valence-electron chi connectivity index (χ4n) is 2.52. The lowest BCUT2D eigenvalue weighted by Crippen LogP contribution is -2.28. The number of piperidine rings is 1. The molecule has 0 saturated carbocycles. The second kappa shape index (κ2) is 5.46. The Morgan fingerprint density at radius 1 is 1.31 bits per heavy atom. The maximum atomic E-state index is 10.2. The van der Waals surface area contributed by atoms with Crippen LogP contribution < -0.4 is 5.32 Å². The van der Waals surface area contributed by atoms with Crippen molar-refractivity contribution in [2.24, 2.45) is 5.92 Å². The van der Waals surface area contributed by atoms with Gasteiger partial charge in [0.15, 0.2) is 0 Å². The molecule has 88 valence electrons. The van der Waals surface area contributed by atoms with Gasteiger partial charge in [-0.3, -0.25) is 0 Å². The van der Waals surface area contributed by atoms with Crippen molar-refractivity contribution < 1.29 is 5.11 Å². The minimum absolute atomic E-state index is 0.288. The number of aryl methyl sites for hydroxylation is 1. The van der Waals surface area contributed by atoms with Crippen LogP contribution in [0.3, 0.4) is 0 Å². The molecular formula is C14H21NO. The summed E-state index contributed by atoms with van der Waals surface area (Å²) in [6.07, 6.45) is 3.02. The smallest absolute Gasteiger partial charge is 0.0795 e. The van der Waals surface area contributed by atoms with E-state index in [2.05, 4.69) is 18.3 Å². The highest BCUT2D eigenvalue weighted by Gasteiger charge is 2.18. The average Bonchev–Trinajstić information content (AvgIpc) is 2.31. The Bertz CT molecular complexity index is 331. The summed E-state index contributed by atoms with van der Waals surface area (Å²) in [5.74, 6) is 0.677. The summed E-state index contributed by atoms with van der Waals surface area (Å²) in [6, 6.07) is 8.14. The van der Waals surface area contributed by atoms with Crippen LogP contribution in [-0.4, -0.2) is 18.2 Å². The van der Waals surface area contributed by atoms with Crippen LogP contribution in [0, 0.1) is 12.8 Å². The highest BCUT2D eigenvalue weighted by molar-refractivity contribution is 5.27. The van der Waals surface area contributed by atoms with Crippen LogP contribution in [0.2, 0.25) is 0 Å². The van der Waals surface area contributed by atoms with Gasteiger partial charge in [0.2, 0.25) is 0 Å². The summed E-state index contributed by atoms with van der Waals surface area (Å²) >= 11 is 0. The molecule has 2 N–H and O–H groups in total. The van der Waals surface area contributed by atoms with Gasteiger partial charge in [0.25, 0.3) is 0 Å². The van der Waals surface area contributed by atoms with Crippen LogP contribution in [0.4, 0.5) is 0 Å². The largest absolute Gasteiger partial charge is 0.388 e. The van der Waals surface area contributed by atoms with Gasteiger partial charge in [0.05, 0.1) is 6.10 Å². The van der Waals surface area contributed by atoms with E-state index in [0.717, 1.165) is 25.1 Å². The average molecular weight is 219 g/mol. The van der Waals surface area contributed by atoms with E-state index in [0.29, 0.717) is 5.92 Å². The molecule has 0 spiro atoms. The van der Waals surface area contributed by atoms with Crippen LogP contribution in [0.25, 0.3) is 0 Å². The molecule has 0 radical (unpaired) electrons. The molecular weight excluding hydrogens is 198 g/mol. The zero-order valence-electron chi connectivity index (χ0n) is 9.95. The lowest BCUT2D eigenvalue weighted by molar-refractivity contribution is 0.133. The number of hydrogen-bond donors (Lipinski definition) is 2. The van der Waals surface area contributed by atoms with Gasteiger partial charge in [0, 0.05) is 0 Å². The Morgan fingerprint density at radius 2 is 2.00 bits per heavy atom. The zero-order chi connectivity index (χ0) is 11.4. The number of benzene rings is 1. The Balaban J connectivity index is 1.96. The molecule has 0 aromatic heterocycles. The third-order valence-electron chi connectivity index (χ3n) is 3.56. The van der Waals surface area contributed by atoms with Crippen molar-refractivity contribution in [3.63, 3.8) is 0 Å². The summed E-state index contributed by atoms with van der Waals surface area (Å²) in [5, 5.41) is 13.6. The van der Waals surface area contributed by atoms with E-state index in [1.807, 2.05) is 18.2 Å². The standard InChI is InChI=1S/C14H21NO/c1-11-4-2-3-5-13(11)14(16)10-12-6-8-15-9-7-12/h2-5,12,14-16H,6-10H2,1H3. The van der Waals surface area contributed by atoms with E-state index >= 15 is 0 Å². The summed E-state index contributed by atoms with van der Waals surface area (Å²) in [7, 11) is 0. The molecule has 2 rings (SSSR count). The van der Waals surface area contributed by atoms with E-state index in [4.69, 9.17) is 0 Å². The fraction of sp³-hybridized carbons (Fsp3) is 0.571. The van der Waals surface area contributed by atoms with E-state index < -0.39 is 0 Å². The Kier molecular flexibility index (Phi) is 3.97. The third kappa shape index (κ3) is 2.83. The first-order chi connectivity index (χ1) is 7.77. The third-order valence-corrected chi connectivity index (χ3v) is 3.56. The molecule has 1 aromatic rings. The maximum Gasteiger partial charge on any atom is 0.0795 e. The van der Waals surface area contributed by atoms with E-state index in [1.54, 1.807) is 0 Å². The summed E-state index contributed by atoms with van der Waals surface area (Å²) < 4.78 is 0. The van der Waals surface area contributed by atoms with Gasteiger partial charge in [-0.2, -0.15) is 0 Å². The first-order valence-electron chi connectivity index (χ1n) is 6.21. The summed E-state index contributed by atoms with van der Waals surface area (Å²) in [5.41, 5.74) is 2.30. The molecule has 1 fully saturated rings. The number of aliphatic hydroxyl groups is 1. The molecule has 2 nitrogen and oxygen atoms in total. The van der Waals surface area contributed by atoms with Gasteiger partial charge < -0.3 is 10.4 Å². The first-order valence-corrected chi connectivity index (χ1v) is 6.21. The monoisotopic (exact) mass is 219 g/mol. The molecule has 1 aliphatic rings. The predicted molar refractivity (Wildman–Crippen MR) is 66.3 cm³/mol. The maximum absolute atomic E-state index is 10.2. The molecule has 1 saturated heterocycles. The molecule has 1 heterocycles. The molecule has 1 unspecified atom stereocenters. The van der Waals surface area contributed by atoms with Crippen LogP contribution in [0.1, 0.15) is 36.5 Å². The molecule has 1 atom stereocenters. The van der Waals surface area contributed by atoms with E-state index in [9.17, 15) is 5.11 Å². The number of hydrogen-bond acceptors (Lipinski definition) is 2. The van der Waals surface area contributed by atoms with Gasteiger partial charge in [-0.15, -0.1) is 0 Å². The van der Waals surface area contributed by atoms with Gasteiger partial charge in [-0.05, 0) is 56.3 Å². The molecule has 0 amide bonds. The van der Waals surface area contributed by atoms with Crippen molar-refractivity contribution in [1.29, 1.82) is 0 Å². The van der Waals surface area contributed by atoms with Crippen molar-refractivity contribution in [3.05, 3.63) is 35.4 Å². The van der Waals surface area contributed by atoms with Crippen LogP contribution in [0.15, 0.2) is 24.3 Å². The Hall–Kier alpha value is -0.860. The number of nitrogens with one attached hydrogen (secondary N) is 1. The van der Waals surface area contributed by atoms with Crippen LogP contribution in [-0.2, 0) is 0 Å². The van der Waals surface area contributed by atoms with Gasteiger partial charge in [-0.25, -0.2) is 0 Å². The van der Waals surface area contributed by atoms with E-state index in [1.165, 1.54) is 18.4 Å². The second-order valence-electron chi connectivity index (χ2n) is 4.80. The lowest BCUT2D eigenvalue weighted by atomic mass is 9.88. The van der Waals surface area contributed by atoms with Crippen LogP contribution in [0.5, 0.6) is 0 Å². The second-order valence-corrected chi connectivity index (χ2v) is 4.80. The molecule has 2 heteroatoms. The SMILES string of the molecule is Cc1ccccc1C(O)CC1CCNCC1. The highest BCUT2D eigenvalue weighted by Crippen LogP contribution is 2.27. The molecule has 1 aliphatic heterocycles. The highest BCUT2D eigenvalue weighted by atomic mass is 16.3. The minimum Gasteiger partial charge on any atom is -0.388 e. The summed E-state index contributed by atoms with van der Waals surface area (Å²) in [4.78, 5) is 0. The van der Waals surface area contributed by atoms with Gasteiger partial charge in [-0.1, -0.05) is 24.3 Å².